The van der Waals surface area contributed by atoms with E-state index in [4.69, 9.17) is 0 Å². The molecule has 0 saturated heterocycles. The number of aromatic nitrogens is 1. The average Bonchev–Trinajstić information content (AvgIpc) is 2.40. The number of rotatable bonds is 3. The number of nitrogens with one attached hydrogen (secondary N) is 1. The van der Waals surface area contributed by atoms with Gasteiger partial charge < -0.3 is 5.32 Å². The van der Waals surface area contributed by atoms with Crippen LogP contribution in [0.15, 0.2) is 42.7 Å². The average molecular weight is 288 g/mol. The van der Waals surface area contributed by atoms with Crippen LogP contribution in [0.25, 0.3) is 0 Å². The predicted octanol–water partition coefficient (Wildman–Crippen LogP) is 3.42. The Morgan fingerprint density at radius 1 is 1.24 bits per heavy atom. The van der Waals surface area contributed by atoms with Crippen LogP contribution in [0.1, 0.15) is 24.8 Å². The van der Waals surface area contributed by atoms with Gasteiger partial charge in [-0.1, -0.05) is 18.6 Å². The fourth-order valence-electron chi connectivity index (χ4n) is 2.68. The van der Waals surface area contributed by atoms with Crippen LogP contribution in [-0.4, -0.2) is 10.9 Å². The maximum Gasteiger partial charge on any atom is 0.235 e. The van der Waals surface area contributed by atoms with Crippen molar-refractivity contribution >= 4 is 11.6 Å². The molecule has 1 N–H and O–H groups in total. The van der Waals surface area contributed by atoms with E-state index in [1.54, 1.807) is 12.1 Å². The molecule has 5 heteroatoms. The fraction of sp³-hybridized carbons (Fsp3) is 0.250. The Bertz CT molecular complexity index is 683. The Balaban J connectivity index is 1.90. The molecule has 1 heterocycles. The van der Waals surface area contributed by atoms with Crippen molar-refractivity contribution in [3.05, 3.63) is 59.9 Å². The van der Waals surface area contributed by atoms with Gasteiger partial charge in [-0.25, -0.2) is 8.78 Å². The second-order valence-corrected chi connectivity index (χ2v) is 5.26. The highest BCUT2D eigenvalue weighted by atomic mass is 19.1. The first-order chi connectivity index (χ1) is 10.1. The van der Waals surface area contributed by atoms with Gasteiger partial charge >= 0.3 is 0 Å². The Hall–Kier alpha value is -2.30. The molecule has 3 nitrogen and oxygen atoms in total. The summed E-state index contributed by atoms with van der Waals surface area (Å²) in [6, 6.07) is 7.46. The van der Waals surface area contributed by atoms with Crippen molar-refractivity contribution in [3.8, 4) is 0 Å². The normalized spacial score (nSPS) is 16.1. The third kappa shape index (κ3) is 2.39. The van der Waals surface area contributed by atoms with Crippen LogP contribution < -0.4 is 5.32 Å². The number of carbonyl (C=O) groups is 1. The second-order valence-electron chi connectivity index (χ2n) is 5.26. The Morgan fingerprint density at radius 3 is 2.67 bits per heavy atom. The SMILES string of the molecule is O=C(Nc1ccncc1F)C1(c2cccc(F)c2)CCC1. The molecule has 1 amide bonds. The molecule has 0 aliphatic heterocycles. The molecule has 1 aromatic carbocycles. The quantitative estimate of drug-likeness (QED) is 0.940. The summed E-state index contributed by atoms with van der Waals surface area (Å²) < 4.78 is 27.0. The lowest BCUT2D eigenvalue weighted by molar-refractivity contribution is -0.124. The maximum atomic E-state index is 13.6. The summed E-state index contributed by atoms with van der Waals surface area (Å²) in [5, 5.41) is 2.59. The molecule has 0 radical (unpaired) electrons. The van der Waals surface area contributed by atoms with E-state index in [1.165, 1.54) is 24.4 Å². The van der Waals surface area contributed by atoms with E-state index >= 15 is 0 Å². The van der Waals surface area contributed by atoms with Crippen LogP contribution in [0.2, 0.25) is 0 Å². The zero-order valence-corrected chi connectivity index (χ0v) is 11.3. The lowest BCUT2D eigenvalue weighted by Gasteiger charge is -2.40. The first-order valence-electron chi connectivity index (χ1n) is 6.79. The summed E-state index contributed by atoms with van der Waals surface area (Å²) in [4.78, 5) is 16.2. The minimum Gasteiger partial charge on any atom is -0.323 e. The Morgan fingerprint density at radius 2 is 2.05 bits per heavy atom. The first-order valence-corrected chi connectivity index (χ1v) is 6.79. The molecule has 1 aliphatic rings. The van der Waals surface area contributed by atoms with Crippen LogP contribution in [-0.2, 0) is 10.2 Å². The van der Waals surface area contributed by atoms with Crippen molar-refractivity contribution in [2.45, 2.75) is 24.7 Å². The third-order valence-electron chi connectivity index (χ3n) is 4.04. The highest BCUT2D eigenvalue weighted by Crippen LogP contribution is 2.44. The van der Waals surface area contributed by atoms with E-state index in [9.17, 15) is 13.6 Å². The van der Waals surface area contributed by atoms with Crippen LogP contribution in [0.3, 0.4) is 0 Å². The monoisotopic (exact) mass is 288 g/mol. The van der Waals surface area contributed by atoms with Crippen molar-refractivity contribution in [2.24, 2.45) is 0 Å². The summed E-state index contributed by atoms with van der Waals surface area (Å²) in [5.41, 5.74) is -0.0314. The van der Waals surface area contributed by atoms with E-state index in [1.807, 2.05) is 0 Å². The Labute approximate surface area is 121 Å². The molecule has 1 saturated carbocycles. The van der Waals surface area contributed by atoms with E-state index in [0.717, 1.165) is 12.6 Å². The number of carbonyl (C=O) groups excluding carboxylic acids is 1. The summed E-state index contributed by atoms with van der Waals surface area (Å²) >= 11 is 0. The standard InChI is InChI=1S/C16H14F2N2O/c17-12-4-1-3-11(9-12)16(6-2-7-16)15(21)20-14-5-8-19-10-13(14)18/h1,3-5,8-10H,2,6-7H2,(H,19,20,21). The Kier molecular flexibility index (Phi) is 3.41. The van der Waals surface area contributed by atoms with Crippen molar-refractivity contribution in [3.63, 3.8) is 0 Å². The van der Waals surface area contributed by atoms with Crippen molar-refractivity contribution in [1.29, 1.82) is 0 Å². The summed E-state index contributed by atoms with van der Waals surface area (Å²) in [7, 11) is 0. The lowest BCUT2D eigenvalue weighted by atomic mass is 9.63. The number of pyridine rings is 1. The summed E-state index contributed by atoms with van der Waals surface area (Å²) in [5.74, 6) is -1.26. The minimum absolute atomic E-state index is 0.0951. The van der Waals surface area contributed by atoms with Crippen LogP contribution in [0.4, 0.5) is 14.5 Å². The van der Waals surface area contributed by atoms with E-state index in [-0.39, 0.29) is 17.4 Å². The third-order valence-corrected chi connectivity index (χ3v) is 4.04. The molecule has 3 rings (SSSR count). The smallest absolute Gasteiger partial charge is 0.235 e. The van der Waals surface area contributed by atoms with Crippen LogP contribution >= 0.6 is 0 Å². The predicted molar refractivity (Wildman–Crippen MR) is 74.8 cm³/mol. The number of anilines is 1. The number of nitrogens with zero attached hydrogens (tertiary/aromatic N) is 1. The number of hydrogen-bond acceptors (Lipinski definition) is 2. The van der Waals surface area contributed by atoms with E-state index < -0.39 is 11.2 Å². The van der Waals surface area contributed by atoms with Crippen LogP contribution in [0, 0.1) is 11.6 Å². The van der Waals surface area contributed by atoms with Crippen molar-refractivity contribution < 1.29 is 13.6 Å². The summed E-state index contributed by atoms with van der Waals surface area (Å²) in [6.45, 7) is 0. The van der Waals surface area contributed by atoms with Gasteiger partial charge in [0.2, 0.25) is 5.91 Å². The highest BCUT2D eigenvalue weighted by Gasteiger charge is 2.45. The van der Waals surface area contributed by atoms with Crippen LogP contribution in [0.5, 0.6) is 0 Å². The molecule has 21 heavy (non-hydrogen) atoms. The molecule has 1 fully saturated rings. The zero-order chi connectivity index (χ0) is 14.9. The molecule has 0 bridgehead atoms. The molecule has 1 aliphatic carbocycles. The molecule has 0 spiro atoms. The zero-order valence-electron chi connectivity index (χ0n) is 11.3. The van der Waals surface area contributed by atoms with Crippen molar-refractivity contribution in [1.82, 2.24) is 4.98 Å². The molecular formula is C16H14F2N2O. The summed E-state index contributed by atoms with van der Waals surface area (Å²) in [6.07, 6.45) is 4.62. The van der Waals surface area contributed by atoms with Gasteiger partial charge in [0.25, 0.3) is 0 Å². The molecule has 0 atom stereocenters. The number of hydrogen-bond donors (Lipinski definition) is 1. The lowest BCUT2D eigenvalue weighted by Crippen LogP contribution is -2.46. The fourth-order valence-corrected chi connectivity index (χ4v) is 2.68. The second kappa shape index (κ2) is 5.24. The number of halogens is 2. The van der Waals surface area contributed by atoms with Gasteiger partial charge in [-0.05, 0) is 36.6 Å². The van der Waals surface area contributed by atoms with Gasteiger partial charge in [-0.3, -0.25) is 9.78 Å². The maximum absolute atomic E-state index is 13.6. The highest BCUT2D eigenvalue weighted by molar-refractivity contribution is 5.99. The van der Waals surface area contributed by atoms with Crippen molar-refractivity contribution in [2.75, 3.05) is 5.32 Å². The van der Waals surface area contributed by atoms with E-state index in [0.29, 0.717) is 18.4 Å². The largest absolute Gasteiger partial charge is 0.323 e. The van der Waals surface area contributed by atoms with Gasteiger partial charge in [-0.15, -0.1) is 0 Å². The molecule has 108 valence electrons. The molecule has 1 aromatic heterocycles. The van der Waals surface area contributed by atoms with Gasteiger partial charge in [0, 0.05) is 6.20 Å². The first kappa shape index (κ1) is 13.7. The molecular weight excluding hydrogens is 274 g/mol. The van der Waals surface area contributed by atoms with E-state index in [2.05, 4.69) is 10.3 Å². The van der Waals surface area contributed by atoms with Gasteiger partial charge in [0.1, 0.15) is 5.82 Å². The van der Waals surface area contributed by atoms with Gasteiger partial charge in [0.05, 0.1) is 17.3 Å². The van der Waals surface area contributed by atoms with Gasteiger partial charge in [-0.2, -0.15) is 0 Å². The molecule has 2 aromatic rings. The number of amides is 1. The van der Waals surface area contributed by atoms with Gasteiger partial charge in [0.15, 0.2) is 5.82 Å². The topological polar surface area (TPSA) is 42.0 Å². The molecule has 0 unspecified atom stereocenters. The number of benzene rings is 1. The minimum atomic E-state index is -0.766.